The fraction of sp³-hybridized carbons (Fsp3) is 0.533. The topological polar surface area (TPSA) is 40.5 Å². The highest BCUT2D eigenvalue weighted by molar-refractivity contribution is 6.42. The summed E-state index contributed by atoms with van der Waals surface area (Å²) < 4.78 is 0. The van der Waals surface area contributed by atoms with E-state index in [0.29, 0.717) is 22.6 Å². The Morgan fingerprint density at radius 2 is 2.10 bits per heavy atom. The molecule has 3 rings (SSSR count). The molecule has 0 aromatic heterocycles. The second-order valence-corrected chi connectivity index (χ2v) is 6.36. The number of hydrogen-bond acceptors (Lipinski definition) is 2. The minimum absolute atomic E-state index is 0.00174. The number of aliphatic hydroxyl groups is 1. The van der Waals surface area contributed by atoms with Crippen molar-refractivity contribution in [2.75, 3.05) is 13.2 Å². The first-order valence-electron chi connectivity index (χ1n) is 6.98. The van der Waals surface area contributed by atoms with E-state index in [9.17, 15) is 4.79 Å². The van der Waals surface area contributed by atoms with Crippen LogP contribution in [0.2, 0.25) is 10.0 Å². The van der Waals surface area contributed by atoms with Crippen molar-refractivity contribution in [3.05, 3.63) is 33.8 Å². The SMILES string of the molecule is O=C(C1CC1c1cccc(Cl)c1Cl)N(CCO)C1CC1. The molecule has 2 unspecified atom stereocenters. The number of halogens is 2. The van der Waals surface area contributed by atoms with E-state index >= 15 is 0 Å². The van der Waals surface area contributed by atoms with E-state index in [-0.39, 0.29) is 24.3 Å². The molecule has 1 amide bonds. The third-order valence-electron chi connectivity index (χ3n) is 4.10. The number of hydrogen-bond donors (Lipinski definition) is 1. The lowest BCUT2D eigenvalue weighted by atomic mass is 10.1. The molecule has 1 aromatic carbocycles. The molecule has 0 heterocycles. The molecule has 2 aliphatic carbocycles. The zero-order valence-corrected chi connectivity index (χ0v) is 12.6. The minimum atomic E-state index is -0.00174. The van der Waals surface area contributed by atoms with Crippen molar-refractivity contribution in [3.63, 3.8) is 0 Å². The fourth-order valence-corrected chi connectivity index (χ4v) is 3.25. The van der Waals surface area contributed by atoms with Crippen LogP contribution >= 0.6 is 23.2 Å². The summed E-state index contributed by atoms with van der Waals surface area (Å²) in [6, 6.07) is 5.91. The molecule has 5 heteroatoms. The summed E-state index contributed by atoms with van der Waals surface area (Å²) in [5, 5.41) is 10.2. The maximum absolute atomic E-state index is 12.5. The standard InChI is InChI=1S/C15H17Cl2NO2/c16-13-3-1-2-10(14(13)17)11-8-12(11)15(20)18(6-7-19)9-4-5-9/h1-3,9,11-12,19H,4-8H2. The van der Waals surface area contributed by atoms with Gasteiger partial charge in [-0.1, -0.05) is 35.3 Å². The summed E-state index contributed by atoms with van der Waals surface area (Å²) in [5.41, 5.74) is 0.970. The molecule has 1 aromatic rings. The summed E-state index contributed by atoms with van der Waals surface area (Å²) in [5.74, 6) is 0.328. The highest BCUT2D eigenvalue weighted by Crippen LogP contribution is 2.52. The highest BCUT2D eigenvalue weighted by Gasteiger charge is 2.48. The van der Waals surface area contributed by atoms with Crippen molar-refractivity contribution < 1.29 is 9.90 Å². The molecule has 0 aliphatic heterocycles. The number of amides is 1. The monoisotopic (exact) mass is 313 g/mol. The fourth-order valence-electron chi connectivity index (χ4n) is 2.80. The van der Waals surface area contributed by atoms with E-state index in [1.54, 1.807) is 6.07 Å². The van der Waals surface area contributed by atoms with Gasteiger partial charge in [0.25, 0.3) is 0 Å². The molecule has 2 fully saturated rings. The van der Waals surface area contributed by atoms with E-state index in [1.807, 2.05) is 17.0 Å². The van der Waals surface area contributed by atoms with Crippen molar-refractivity contribution in [1.29, 1.82) is 0 Å². The quantitative estimate of drug-likeness (QED) is 0.907. The third kappa shape index (κ3) is 2.67. The zero-order valence-electron chi connectivity index (χ0n) is 11.1. The molecule has 2 saturated carbocycles. The Kier molecular flexibility index (Phi) is 3.93. The van der Waals surface area contributed by atoms with Crippen LogP contribution in [0.25, 0.3) is 0 Å². The molecule has 0 bridgehead atoms. The lowest BCUT2D eigenvalue weighted by Gasteiger charge is -2.21. The summed E-state index contributed by atoms with van der Waals surface area (Å²) in [7, 11) is 0. The van der Waals surface area contributed by atoms with Crippen LogP contribution in [0, 0.1) is 5.92 Å². The van der Waals surface area contributed by atoms with Gasteiger partial charge in [0, 0.05) is 18.5 Å². The predicted molar refractivity (Wildman–Crippen MR) is 79.1 cm³/mol. The zero-order chi connectivity index (χ0) is 14.3. The predicted octanol–water partition coefficient (Wildman–Crippen LogP) is 3.08. The van der Waals surface area contributed by atoms with Gasteiger partial charge in [0.2, 0.25) is 5.91 Å². The van der Waals surface area contributed by atoms with Gasteiger partial charge < -0.3 is 10.0 Å². The van der Waals surface area contributed by atoms with Gasteiger partial charge in [0.1, 0.15) is 0 Å². The van der Waals surface area contributed by atoms with Crippen LogP contribution in [0.5, 0.6) is 0 Å². The van der Waals surface area contributed by atoms with E-state index in [4.69, 9.17) is 28.3 Å². The molecule has 2 atom stereocenters. The van der Waals surface area contributed by atoms with Gasteiger partial charge in [-0.2, -0.15) is 0 Å². The molecule has 1 N–H and O–H groups in total. The molecule has 108 valence electrons. The average Bonchev–Trinajstić information content (AvgIpc) is 3.30. The van der Waals surface area contributed by atoms with Crippen LogP contribution in [0.15, 0.2) is 18.2 Å². The van der Waals surface area contributed by atoms with E-state index in [1.165, 1.54) is 0 Å². The summed E-state index contributed by atoms with van der Waals surface area (Å²) >= 11 is 12.2. The van der Waals surface area contributed by atoms with Crippen LogP contribution < -0.4 is 0 Å². The second-order valence-electron chi connectivity index (χ2n) is 5.58. The average molecular weight is 314 g/mol. The maximum atomic E-state index is 12.5. The van der Waals surface area contributed by atoms with E-state index in [2.05, 4.69) is 0 Å². The van der Waals surface area contributed by atoms with Gasteiger partial charge in [0.15, 0.2) is 0 Å². The molecule has 2 aliphatic rings. The Hall–Kier alpha value is -0.770. The molecule has 0 saturated heterocycles. The van der Waals surface area contributed by atoms with Gasteiger partial charge in [-0.3, -0.25) is 4.79 Å². The van der Waals surface area contributed by atoms with Gasteiger partial charge in [0.05, 0.1) is 16.7 Å². The van der Waals surface area contributed by atoms with Crippen LogP contribution in [-0.2, 0) is 4.79 Å². The highest BCUT2D eigenvalue weighted by atomic mass is 35.5. The number of aliphatic hydroxyl groups excluding tert-OH is 1. The Balaban J connectivity index is 1.71. The van der Waals surface area contributed by atoms with Crippen LogP contribution in [0.3, 0.4) is 0 Å². The third-order valence-corrected chi connectivity index (χ3v) is 4.93. The maximum Gasteiger partial charge on any atom is 0.226 e. The Labute approximate surface area is 128 Å². The first kappa shape index (κ1) is 14.2. The van der Waals surface area contributed by atoms with Crippen LogP contribution in [-0.4, -0.2) is 35.1 Å². The van der Waals surface area contributed by atoms with E-state index in [0.717, 1.165) is 24.8 Å². The largest absolute Gasteiger partial charge is 0.395 e. The van der Waals surface area contributed by atoms with Crippen molar-refractivity contribution >= 4 is 29.1 Å². The second kappa shape index (κ2) is 5.55. The van der Waals surface area contributed by atoms with Crippen LogP contribution in [0.1, 0.15) is 30.7 Å². The van der Waals surface area contributed by atoms with Crippen molar-refractivity contribution in [2.45, 2.75) is 31.2 Å². The van der Waals surface area contributed by atoms with Gasteiger partial charge >= 0.3 is 0 Å². The molecular weight excluding hydrogens is 297 g/mol. The first-order chi connectivity index (χ1) is 9.63. The van der Waals surface area contributed by atoms with Crippen molar-refractivity contribution in [1.82, 2.24) is 4.90 Å². The van der Waals surface area contributed by atoms with Gasteiger partial charge in [-0.05, 0) is 36.8 Å². The number of carbonyl (C=O) groups excluding carboxylic acids is 1. The number of nitrogens with zero attached hydrogens (tertiary/aromatic N) is 1. The smallest absolute Gasteiger partial charge is 0.226 e. The summed E-state index contributed by atoms with van der Waals surface area (Å²) in [6.45, 7) is 0.466. The molecule has 0 radical (unpaired) electrons. The number of carbonyl (C=O) groups is 1. The van der Waals surface area contributed by atoms with E-state index < -0.39 is 0 Å². The number of benzene rings is 1. The Morgan fingerprint density at radius 3 is 2.75 bits per heavy atom. The van der Waals surface area contributed by atoms with Crippen molar-refractivity contribution in [2.24, 2.45) is 5.92 Å². The summed E-state index contributed by atoms with van der Waals surface area (Å²) in [6.07, 6.45) is 2.94. The first-order valence-corrected chi connectivity index (χ1v) is 7.74. The molecular formula is C15H17Cl2NO2. The number of rotatable bonds is 5. The lowest BCUT2D eigenvalue weighted by Crippen LogP contribution is -2.36. The van der Waals surface area contributed by atoms with Crippen molar-refractivity contribution in [3.8, 4) is 0 Å². The molecule has 3 nitrogen and oxygen atoms in total. The minimum Gasteiger partial charge on any atom is -0.395 e. The Bertz CT molecular complexity index is 531. The van der Waals surface area contributed by atoms with Gasteiger partial charge in [-0.15, -0.1) is 0 Å². The lowest BCUT2D eigenvalue weighted by molar-refractivity contribution is -0.133. The van der Waals surface area contributed by atoms with Crippen LogP contribution in [0.4, 0.5) is 0 Å². The molecule has 0 spiro atoms. The summed E-state index contributed by atoms with van der Waals surface area (Å²) in [4.78, 5) is 14.3. The van der Waals surface area contributed by atoms with Gasteiger partial charge in [-0.25, -0.2) is 0 Å². The molecule has 20 heavy (non-hydrogen) atoms. The normalized spacial score (nSPS) is 24.6. The Morgan fingerprint density at radius 1 is 1.35 bits per heavy atom.